The summed E-state index contributed by atoms with van der Waals surface area (Å²) in [5.74, 6) is 0.0489. The van der Waals surface area contributed by atoms with E-state index in [4.69, 9.17) is 10.00 Å². The van der Waals surface area contributed by atoms with Crippen LogP contribution in [0.1, 0.15) is 11.3 Å². The summed E-state index contributed by atoms with van der Waals surface area (Å²) in [5.41, 5.74) is 0.0601. The van der Waals surface area contributed by atoms with E-state index in [9.17, 15) is 14.5 Å². The van der Waals surface area contributed by atoms with Gasteiger partial charge in [-0.2, -0.15) is 5.26 Å². The third-order valence-electron chi connectivity index (χ3n) is 3.19. The molecular formula is C15H13FN4O3. The number of benzene rings is 1. The molecule has 0 amide bonds. The van der Waals surface area contributed by atoms with Gasteiger partial charge < -0.3 is 9.64 Å². The standard InChI is InChI=1S/C15H13FN4O3/c1-19(9-10-3-5-14(23-2)11(16)7-10)15-6-4-13(20(21)22)12(8-17)18-15/h3-7H,9H2,1-2H3. The van der Waals surface area contributed by atoms with Gasteiger partial charge in [-0.25, -0.2) is 9.37 Å². The smallest absolute Gasteiger partial charge is 0.305 e. The molecule has 1 aromatic heterocycles. The van der Waals surface area contributed by atoms with E-state index in [-0.39, 0.29) is 17.1 Å². The minimum absolute atomic E-state index is 0.150. The average Bonchev–Trinajstić information content (AvgIpc) is 2.54. The summed E-state index contributed by atoms with van der Waals surface area (Å²) in [6.45, 7) is 0.316. The lowest BCUT2D eigenvalue weighted by molar-refractivity contribution is -0.385. The molecule has 0 N–H and O–H groups in total. The van der Waals surface area contributed by atoms with Gasteiger partial charge >= 0.3 is 5.69 Å². The maximum atomic E-state index is 13.7. The lowest BCUT2D eigenvalue weighted by Crippen LogP contribution is -2.18. The molecule has 0 aliphatic heterocycles. The first-order valence-corrected chi connectivity index (χ1v) is 6.55. The molecule has 0 bridgehead atoms. The van der Waals surface area contributed by atoms with Crippen molar-refractivity contribution >= 4 is 11.5 Å². The average molecular weight is 316 g/mol. The molecule has 0 atom stereocenters. The number of ether oxygens (including phenoxy) is 1. The first-order valence-electron chi connectivity index (χ1n) is 6.55. The molecule has 2 rings (SSSR count). The van der Waals surface area contributed by atoms with Crippen molar-refractivity contribution in [2.45, 2.75) is 6.54 Å². The summed E-state index contributed by atoms with van der Waals surface area (Å²) < 4.78 is 18.5. The van der Waals surface area contributed by atoms with Crippen LogP contribution in [0.15, 0.2) is 30.3 Å². The van der Waals surface area contributed by atoms with Crippen molar-refractivity contribution in [1.82, 2.24) is 4.98 Å². The minimum atomic E-state index is -0.659. The fraction of sp³-hybridized carbons (Fsp3) is 0.200. The normalized spacial score (nSPS) is 10.0. The van der Waals surface area contributed by atoms with Crippen LogP contribution in [0.3, 0.4) is 0 Å². The Labute approximate surface area is 131 Å². The number of aromatic nitrogens is 1. The highest BCUT2D eigenvalue weighted by atomic mass is 19.1. The van der Waals surface area contributed by atoms with Crippen molar-refractivity contribution in [2.75, 3.05) is 19.1 Å². The SMILES string of the molecule is COc1ccc(CN(C)c2ccc([N+](=O)[O-])c(C#N)n2)cc1F. The number of anilines is 1. The molecule has 1 aromatic carbocycles. The van der Waals surface area contributed by atoms with Crippen LogP contribution >= 0.6 is 0 Å². The van der Waals surface area contributed by atoms with Gasteiger partial charge in [0.15, 0.2) is 11.6 Å². The monoisotopic (exact) mass is 316 g/mol. The molecule has 0 unspecified atom stereocenters. The molecule has 1 heterocycles. The molecule has 0 fully saturated rings. The molecular weight excluding hydrogens is 303 g/mol. The van der Waals surface area contributed by atoms with Crippen molar-refractivity contribution < 1.29 is 14.1 Å². The Balaban J connectivity index is 2.24. The molecule has 0 spiro atoms. The number of hydrogen-bond donors (Lipinski definition) is 0. The Hall–Kier alpha value is -3.21. The van der Waals surface area contributed by atoms with Crippen LogP contribution in [0.25, 0.3) is 0 Å². The molecule has 0 radical (unpaired) electrons. The lowest BCUT2D eigenvalue weighted by atomic mass is 10.2. The summed E-state index contributed by atoms with van der Waals surface area (Å²) in [6, 6.07) is 8.93. The number of nitriles is 1. The van der Waals surface area contributed by atoms with Crippen LogP contribution < -0.4 is 9.64 Å². The highest BCUT2D eigenvalue weighted by Crippen LogP contribution is 2.22. The second kappa shape index (κ2) is 6.70. The van der Waals surface area contributed by atoms with Gasteiger partial charge in [0.2, 0.25) is 5.69 Å². The van der Waals surface area contributed by atoms with E-state index in [1.54, 1.807) is 24.1 Å². The van der Waals surface area contributed by atoms with E-state index in [1.807, 2.05) is 0 Å². The number of nitro groups is 1. The Bertz CT molecular complexity index is 789. The van der Waals surface area contributed by atoms with Crippen LogP contribution in [-0.4, -0.2) is 24.1 Å². The second-order valence-corrected chi connectivity index (χ2v) is 4.73. The van der Waals surface area contributed by atoms with E-state index >= 15 is 0 Å². The first-order chi connectivity index (χ1) is 11.0. The number of pyridine rings is 1. The maximum Gasteiger partial charge on any atom is 0.305 e. The van der Waals surface area contributed by atoms with E-state index in [1.165, 1.54) is 31.4 Å². The first kappa shape index (κ1) is 16.2. The quantitative estimate of drug-likeness (QED) is 0.622. The molecule has 0 aliphatic rings. The number of halogens is 1. The van der Waals surface area contributed by atoms with Crippen LogP contribution in [0.4, 0.5) is 15.9 Å². The predicted molar refractivity (Wildman–Crippen MR) is 80.7 cm³/mol. The topological polar surface area (TPSA) is 92.3 Å². The Kier molecular flexibility index (Phi) is 4.71. The van der Waals surface area contributed by atoms with Crippen LogP contribution in [0, 0.1) is 27.3 Å². The summed E-state index contributed by atoms with van der Waals surface area (Å²) in [5, 5.41) is 19.8. The Morgan fingerprint density at radius 2 is 2.17 bits per heavy atom. The van der Waals surface area contributed by atoms with Gasteiger partial charge in [0.1, 0.15) is 11.9 Å². The Morgan fingerprint density at radius 3 is 2.74 bits per heavy atom. The number of hydrogen-bond acceptors (Lipinski definition) is 6. The zero-order valence-corrected chi connectivity index (χ0v) is 12.5. The van der Waals surface area contributed by atoms with Gasteiger partial charge in [0, 0.05) is 19.7 Å². The predicted octanol–water partition coefficient (Wildman–Crippen LogP) is 2.65. The molecule has 0 saturated heterocycles. The molecule has 23 heavy (non-hydrogen) atoms. The largest absolute Gasteiger partial charge is 0.494 e. The number of rotatable bonds is 5. The van der Waals surface area contributed by atoms with Crippen molar-refractivity contribution in [2.24, 2.45) is 0 Å². The highest BCUT2D eigenvalue weighted by Gasteiger charge is 2.17. The van der Waals surface area contributed by atoms with Gasteiger partial charge in [-0.15, -0.1) is 0 Å². The third kappa shape index (κ3) is 3.52. The fourth-order valence-electron chi connectivity index (χ4n) is 2.05. The maximum absolute atomic E-state index is 13.7. The second-order valence-electron chi connectivity index (χ2n) is 4.73. The zero-order chi connectivity index (χ0) is 17.0. The fourth-order valence-corrected chi connectivity index (χ4v) is 2.05. The van der Waals surface area contributed by atoms with Crippen LogP contribution in [-0.2, 0) is 6.54 Å². The van der Waals surface area contributed by atoms with Crippen molar-refractivity contribution in [3.05, 3.63) is 57.5 Å². The van der Waals surface area contributed by atoms with Crippen molar-refractivity contribution in [3.63, 3.8) is 0 Å². The third-order valence-corrected chi connectivity index (χ3v) is 3.19. The summed E-state index contributed by atoms with van der Waals surface area (Å²) in [6.07, 6.45) is 0. The van der Waals surface area contributed by atoms with E-state index in [0.717, 1.165) is 0 Å². The van der Waals surface area contributed by atoms with Gasteiger partial charge in [-0.05, 0) is 23.8 Å². The molecule has 2 aromatic rings. The molecule has 0 saturated carbocycles. The lowest BCUT2D eigenvalue weighted by Gasteiger charge is -2.18. The van der Waals surface area contributed by atoms with Gasteiger partial charge in [-0.1, -0.05) is 6.07 Å². The highest BCUT2D eigenvalue weighted by molar-refractivity contribution is 5.51. The van der Waals surface area contributed by atoms with Crippen molar-refractivity contribution in [1.29, 1.82) is 5.26 Å². The Morgan fingerprint density at radius 1 is 1.43 bits per heavy atom. The molecule has 118 valence electrons. The van der Waals surface area contributed by atoms with Gasteiger partial charge in [0.05, 0.1) is 12.0 Å². The summed E-state index contributed by atoms with van der Waals surface area (Å²) in [7, 11) is 3.08. The van der Waals surface area contributed by atoms with Crippen LogP contribution in [0.2, 0.25) is 0 Å². The summed E-state index contributed by atoms with van der Waals surface area (Å²) in [4.78, 5) is 15.8. The minimum Gasteiger partial charge on any atom is -0.494 e. The molecule has 8 heteroatoms. The van der Waals surface area contributed by atoms with Crippen molar-refractivity contribution in [3.8, 4) is 11.8 Å². The van der Waals surface area contributed by atoms with Gasteiger partial charge in [0.25, 0.3) is 0 Å². The van der Waals surface area contributed by atoms with Gasteiger partial charge in [-0.3, -0.25) is 10.1 Å². The van der Waals surface area contributed by atoms with E-state index in [2.05, 4.69) is 4.98 Å². The van der Waals surface area contributed by atoms with E-state index < -0.39 is 10.7 Å². The molecule has 7 nitrogen and oxygen atoms in total. The van der Waals surface area contributed by atoms with Crippen LogP contribution in [0.5, 0.6) is 5.75 Å². The van der Waals surface area contributed by atoms with E-state index in [0.29, 0.717) is 17.9 Å². The number of methoxy groups -OCH3 is 1. The summed E-state index contributed by atoms with van der Waals surface area (Å²) >= 11 is 0. The zero-order valence-electron chi connectivity index (χ0n) is 12.5. The molecule has 0 aliphatic carbocycles. The number of nitrogens with zero attached hydrogens (tertiary/aromatic N) is 4.